The van der Waals surface area contributed by atoms with E-state index in [1.807, 2.05) is 0 Å². The summed E-state index contributed by atoms with van der Waals surface area (Å²) in [6.45, 7) is 5.00. The number of carbonyl (C=O) groups is 1. The molecule has 1 unspecified atom stereocenters. The second-order valence-corrected chi connectivity index (χ2v) is 3.38. The Morgan fingerprint density at radius 3 is 2.41 bits per heavy atom. The van der Waals surface area contributed by atoms with Crippen molar-refractivity contribution >= 4 is 5.97 Å². The predicted molar refractivity (Wildman–Crippen MR) is 64.3 cm³/mol. The van der Waals surface area contributed by atoms with E-state index in [0.717, 1.165) is 5.56 Å². The smallest absolute Gasteiger partial charge is 0.303 e. The van der Waals surface area contributed by atoms with Crippen LogP contribution in [0.3, 0.4) is 0 Å². The quantitative estimate of drug-likeness (QED) is 0.582. The first-order valence-electron chi connectivity index (χ1n) is 5.14. The lowest BCUT2D eigenvalue weighted by molar-refractivity contribution is -0.144. The van der Waals surface area contributed by atoms with Gasteiger partial charge >= 0.3 is 5.97 Å². The summed E-state index contributed by atoms with van der Waals surface area (Å²) in [5.41, 5.74) is 0.785. The van der Waals surface area contributed by atoms with Crippen molar-refractivity contribution in [1.29, 1.82) is 0 Å². The van der Waals surface area contributed by atoms with Gasteiger partial charge in [0.2, 0.25) is 0 Å². The molecule has 0 bridgehead atoms. The van der Waals surface area contributed by atoms with Gasteiger partial charge in [-0.1, -0.05) is 12.6 Å². The highest BCUT2D eigenvalue weighted by Crippen LogP contribution is 2.31. The fourth-order valence-electron chi connectivity index (χ4n) is 1.46. The third-order valence-electron chi connectivity index (χ3n) is 2.24. The van der Waals surface area contributed by atoms with Gasteiger partial charge < -0.3 is 14.2 Å². The number of hydrogen-bond acceptors (Lipinski definition) is 4. The largest absolute Gasteiger partial charge is 0.493 e. The van der Waals surface area contributed by atoms with E-state index >= 15 is 0 Å². The van der Waals surface area contributed by atoms with Crippen LogP contribution in [0.5, 0.6) is 11.5 Å². The third-order valence-corrected chi connectivity index (χ3v) is 2.24. The Labute approximate surface area is 101 Å². The molecule has 0 aromatic heterocycles. The predicted octanol–water partition coefficient (Wildman–Crippen LogP) is 2.49. The number of carbonyl (C=O) groups excluding carboxylic acids is 1. The second-order valence-electron chi connectivity index (χ2n) is 3.38. The Morgan fingerprint density at radius 2 is 1.94 bits per heavy atom. The van der Waals surface area contributed by atoms with Crippen LogP contribution in [-0.2, 0) is 9.53 Å². The zero-order valence-corrected chi connectivity index (χ0v) is 10.2. The Morgan fingerprint density at radius 1 is 1.29 bits per heavy atom. The summed E-state index contributed by atoms with van der Waals surface area (Å²) in [6.07, 6.45) is 1.08. The molecule has 0 aliphatic rings. The molecule has 92 valence electrons. The summed E-state index contributed by atoms with van der Waals surface area (Å²) in [6, 6.07) is 5.32. The summed E-state index contributed by atoms with van der Waals surface area (Å²) in [5.74, 6) is 0.857. The van der Waals surface area contributed by atoms with Crippen LogP contribution in [0.15, 0.2) is 30.9 Å². The summed E-state index contributed by atoms with van der Waals surface area (Å²) in [4.78, 5) is 10.9. The first-order valence-corrected chi connectivity index (χ1v) is 5.14. The van der Waals surface area contributed by atoms with Crippen molar-refractivity contribution in [2.75, 3.05) is 14.2 Å². The number of rotatable bonds is 5. The maximum absolute atomic E-state index is 10.9. The van der Waals surface area contributed by atoms with E-state index in [4.69, 9.17) is 14.2 Å². The number of benzene rings is 1. The molecule has 0 saturated carbocycles. The Bertz CT molecular complexity index is 412. The van der Waals surface area contributed by atoms with E-state index in [0.29, 0.717) is 11.5 Å². The first kappa shape index (κ1) is 13.1. The number of hydrogen-bond donors (Lipinski definition) is 0. The SMILES string of the molecule is C=CC(OC(C)=O)c1ccc(OC)c(OC)c1. The fraction of sp³-hybridized carbons (Fsp3) is 0.308. The van der Waals surface area contributed by atoms with Gasteiger partial charge in [0.05, 0.1) is 14.2 Å². The molecule has 4 nitrogen and oxygen atoms in total. The van der Waals surface area contributed by atoms with Gasteiger partial charge in [-0.3, -0.25) is 4.79 Å². The highest BCUT2D eigenvalue weighted by Gasteiger charge is 2.13. The average Bonchev–Trinajstić information content (AvgIpc) is 2.34. The van der Waals surface area contributed by atoms with Crippen molar-refractivity contribution in [3.8, 4) is 11.5 Å². The van der Waals surface area contributed by atoms with Crippen LogP contribution < -0.4 is 9.47 Å². The minimum Gasteiger partial charge on any atom is -0.493 e. The van der Waals surface area contributed by atoms with Crippen LogP contribution >= 0.6 is 0 Å². The van der Waals surface area contributed by atoms with Crippen LogP contribution in [0.2, 0.25) is 0 Å². The molecule has 1 aromatic carbocycles. The summed E-state index contributed by atoms with van der Waals surface area (Å²) in [7, 11) is 3.12. The number of methoxy groups -OCH3 is 2. The summed E-state index contributed by atoms with van der Waals surface area (Å²) >= 11 is 0. The van der Waals surface area contributed by atoms with Gasteiger partial charge in [-0.2, -0.15) is 0 Å². The van der Waals surface area contributed by atoms with Crippen molar-refractivity contribution in [2.45, 2.75) is 13.0 Å². The molecule has 1 aromatic rings. The van der Waals surface area contributed by atoms with Crippen LogP contribution in [0.4, 0.5) is 0 Å². The fourth-order valence-corrected chi connectivity index (χ4v) is 1.46. The van der Waals surface area contributed by atoms with Gasteiger partial charge in [0, 0.05) is 12.5 Å². The normalized spacial score (nSPS) is 11.5. The van der Waals surface area contributed by atoms with E-state index in [2.05, 4.69) is 6.58 Å². The van der Waals surface area contributed by atoms with E-state index in [9.17, 15) is 4.79 Å². The minimum atomic E-state index is -0.479. The van der Waals surface area contributed by atoms with Crippen LogP contribution in [0.25, 0.3) is 0 Å². The maximum atomic E-state index is 10.9. The number of esters is 1. The van der Waals surface area contributed by atoms with Gasteiger partial charge in [0.15, 0.2) is 11.5 Å². The van der Waals surface area contributed by atoms with Crippen LogP contribution in [0, 0.1) is 0 Å². The van der Waals surface area contributed by atoms with Crippen molar-refractivity contribution in [2.24, 2.45) is 0 Å². The first-order chi connectivity index (χ1) is 8.12. The highest BCUT2D eigenvalue weighted by atomic mass is 16.5. The molecular weight excluding hydrogens is 220 g/mol. The zero-order valence-electron chi connectivity index (χ0n) is 10.2. The minimum absolute atomic E-state index is 0.357. The highest BCUT2D eigenvalue weighted by molar-refractivity contribution is 5.66. The molecule has 0 fully saturated rings. The molecule has 0 N–H and O–H groups in total. The van der Waals surface area contributed by atoms with Gasteiger partial charge in [-0.05, 0) is 18.2 Å². The van der Waals surface area contributed by atoms with Gasteiger partial charge in [0.1, 0.15) is 6.10 Å². The van der Waals surface area contributed by atoms with E-state index in [1.54, 1.807) is 38.5 Å². The maximum Gasteiger partial charge on any atom is 0.303 e. The van der Waals surface area contributed by atoms with Crippen molar-refractivity contribution < 1.29 is 19.0 Å². The zero-order chi connectivity index (χ0) is 12.8. The lowest BCUT2D eigenvalue weighted by Crippen LogP contribution is -2.06. The van der Waals surface area contributed by atoms with Gasteiger partial charge in [-0.25, -0.2) is 0 Å². The van der Waals surface area contributed by atoms with Crippen molar-refractivity contribution in [3.63, 3.8) is 0 Å². The molecule has 0 amide bonds. The van der Waals surface area contributed by atoms with Gasteiger partial charge in [-0.15, -0.1) is 0 Å². The van der Waals surface area contributed by atoms with E-state index in [-0.39, 0.29) is 5.97 Å². The molecule has 1 rings (SSSR count). The molecule has 0 heterocycles. The molecule has 0 spiro atoms. The average molecular weight is 236 g/mol. The summed E-state index contributed by atoms with van der Waals surface area (Å²) < 4.78 is 15.4. The molecule has 0 radical (unpaired) electrons. The Hall–Kier alpha value is -1.97. The lowest BCUT2D eigenvalue weighted by atomic mass is 10.1. The Kier molecular flexibility index (Phi) is 4.57. The second kappa shape index (κ2) is 5.94. The molecule has 0 aliphatic carbocycles. The van der Waals surface area contributed by atoms with Crippen molar-refractivity contribution in [1.82, 2.24) is 0 Å². The monoisotopic (exact) mass is 236 g/mol. The molecule has 0 aliphatic heterocycles. The lowest BCUT2D eigenvalue weighted by Gasteiger charge is -2.15. The molecular formula is C13H16O4. The standard InChI is InChI=1S/C13H16O4/c1-5-11(17-9(2)14)10-6-7-12(15-3)13(8-10)16-4/h5-8,11H,1H2,2-4H3. The molecule has 0 saturated heterocycles. The van der Waals surface area contributed by atoms with E-state index in [1.165, 1.54) is 6.92 Å². The third kappa shape index (κ3) is 3.24. The molecule has 17 heavy (non-hydrogen) atoms. The van der Waals surface area contributed by atoms with Crippen LogP contribution in [-0.4, -0.2) is 20.2 Å². The van der Waals surface area contributed by atoms with Crippen molar-refractivity contribution in [3.05, 3.63) is 36.4 Å². The molecule has 1 atom stereocenters. The Balaban J connectivity index is 3.04. The summed E-state index contributed by atoms with van der Waals surface area (Å²) in [5, 5.41) is 0. The topological polar surface area (TPSA) is 44.8 Å². The number of ether oxygens (including phenoxy) is 3. The molecule has 4 heteroatoms. The van der Waals surface area contributed by atoms with Gasteiger partial charge in [0.25, 0.3) is 0 Å². The van der Waals surface area contributed by atoms with E-state index < -0.39 is 6.10 Å². The van der Waals surface area contributed by atoms with Crippen LogP contribution in [0.1, 0.15) is 18.6 Å².